The molecule has 0 spiro atoms. The SMILES string of the molecule is c1ccc(-c2ccc(N(c3ccc4c(-c5cc6ccccc6c6ccccc56)cccc4c3)c3ccc4sc5cc6ccccc6cc5c4c3)cc2)cc1. The predicted octanol–water partition coefficient (Wildman–Crippen LogP) is 15.5. The Hall–Kier alpha value is -6.74. The molecule has 0 atom stereocenters. The van der Waals surface area contributed by atoms with E-state index in [1.807, 2.05) is 11.3 Å². The predicted molar refractivity (Wildman–Crippen MR) is 235 cm³/mol. The quantitative estimate of drug-likeness (QED) is 0.161. The molecule has 54 heavy (non-hydrogen) atoms. The highest BCUT2D eigenvalue weighted by Gasteiger charge is 2.18. The third kappa shape index (κ3) is 5.07. The van der Waals surface area contributed by atoms with Gasteiger partial charge in [-0.25, -0.2) is 0 Å². The van der Waals surface area contributed by atoms with E-state index in [1.54, 1.807) is 0 Å². The first-order valence-electron chi connectivity index (χ1n) is 18.5. The molecule has 2 heteroatoms. The van der Waals surface area contributed by atoms with Gasteiger partial charge >= 0.3 is 0 Å². The van der Waals surface area contributed by atoms with Crippen molar-refractivity contribution in [2.24, 2.45) is 0 Å². The van der Waals surface area contributed by atoms with Crippen molar-refractivity contribution in [3.05, 3.63) is 200 Å². The lowest BCUT2D eigenvalue weighted by atomic mass is 9.90. The molecule has 0 aliphatic rings. The topological polar surface area (TPSA) is 3.24 Å². The van der Waals surface area contributed by atoms with Crippen molar-refractivity contribution in [1.29, 1.82) is 0 Å². The third-order valence-corrected chi connectivity index (χ3v) is 12.1. The van der Waals surface area contributed by atoms with Gasteiger partial charge in [-0.3, -0.25) is 0 Å². The Kier molecular flexibility index (Phi) is 7.11. The van der Waals surface area contributed by atoms with E-state index < -0.39 is 0 Å². The van der Waals surface area contributed by atoms with Crippen LogP contribution in [0.15, 0.2) is 200 Å². The van der Waals surface area contributed by atoms with Gasteiger partial charge in [0.05, 0.1) is 0 Å². The fourth-order valence-corrected chi connectivity index (χ4v) is 9.51. The lowest BCUT2D eigenvalue weighted by Gasteiger charge is -2.26. The van der Waals surface area contributed by atoms with Crippen molar-refractivity contribution in [2.45, 2.75) is 0 Å². The maximum atomic E-state index is 2.41. The molecule has 0 saturated carbocycles. The summed E-state index contributed by atoms with van der Waals surface area (Å²) >= 11 is 1.87. The zero-order valence-corrected chi connectivity index (χ0v) is 30.2. The van der Waals surface area contributed by atoms with Crippen LogP contribution in [-0.4, -0.2) is 0 Å². The maximum absolute atomic E-state index is 2.41. The molecule has 0 aliphatic heterocycles. The van der Waals surface area contributed by atoms with Crippen LogP contribution in [0.25, 0.3) is 85.5 Å². The highest BCUT2D eigenvalue weighted by molar-refractivity contribution is 7.25. The van der Waals surface area contributed by atoms with Crippen LogP contribution in [0.4, 0.5) is 17.1 Å². The van der Waals surface area contributed by atoms with E-state index in [0.717, 1.165) is 17.1 Å². The summed E-state index contributed by atoms with van der Waals surface area (Å²) in [5.74, 6) is 0. The molecule has 0 amide bonds. The lowest BCUT2D eigenvalue weighted by molar-refractivity contribution is 1.30. The highest BCUT2D eigenvalue weighted by Crippen LogP contribution is 2.44. The summed E-state index contributed by atoms with van der Waals surface area (Å²) in [5, 5.41) is 12.7. The molecule has 0 N–H and O–H groups in total. The van der Waals surface area contributed by atoms with Crippen LogP contribution in [0.2, 0.25) is 0 Å². The van der Waals surface area contributed by atoms with Gasteiger partial charge in [0.15, 0.2) is 0 Å². The normalized spacial score (nSPS) is 11.7. The number of rotatable bonds is 5. The molecular weight excluding hydrogens is 671 g/mol. The molecule has 1 aromatic heterocycles. The molecule has 10 aromatic carbocycles. The van der Waals surface area contributed by atoms with Gasteiger partial charge in [-0.05, 0) is 126 Å². The Labute approximate surface area is 317 Å². The van der Waals surface area contributed by atoms with E-state index in [-0.39, 0.29) is 0 Å². The first kappa shape index (κ1) is 30.8. The molecule has 0 bridgehead atoms. The van der Waals surface area contributed by atoms with Crippen LogP contribution in [0.5, 0.6) is 0 Å². The molecule has 0 saturated heterocycles. The van der Waals surface area contributed by atoms with E-state index in [2.05, 4.69) is 205 Å². The lowest BCUT2D eigenvalue weighted by Crippen LogP contribution is -2.09. The monoisotopic (exact) mass is 703 g/mol. The fraction of sp³-hybridized carbons (Fsp3) is 0. The second-order valence-electron chi connectivity index (χ2n) is 14.1. The number of benzene rings is 10. The van der Waals surface area contributed by atoms with Gasteiger partial charge in [0.2, 0.25) is 0 Å². The van der Waals surface area contributed by atoms with Crippen molar-refractivity contribution in [3.8, 4) is 22.3 Å². The van der Waals surface area contributed by atoms with Crippen LogP contribution in [0, 0.1) is 0 Å². The van der Waals surface area contributed by atoms with Crippen molar-refractivity contribution >= 4 is 91.7 Å². The van der Waals surface area contributed by atoms with Gasteiger partial charge in [0, 0.05) is 37.2 Å². The van der Waals surface area contributed by atoms with Crippen molar-refractivity contribution < 1.29 is 0 Å². The summed E-state index contributed by atoms with van der Waals surface area (Å²) in [7, 11) is 0. The molecule has 11 rings (SSSR count). The molecule has 0 aliphatic carbocycles. The van der Waals surface area contributed by atoms with Gasteiger partial charge in [-0.15, -0.1) is 11.3 Å². The standard InChI is InChI=1S/C52H33NS/c1-2-11-34(12-3-1)35-21-23-40(24-22-35)53(42-26-28-51-50(33-42)49-30-36-13-4-5-14-37(36)32-52(49)54-51)41-25-27-44-38(29-41)16-10-20-46(44)48-31-39-15-6-7-17-43(39)45-18-8-9-19-47(45)48/h1-33H. The third-order valence-electron chi connectivity index (χ3n) is 11.0. The van der Waals surface area contributed by atoms with Crippen LogP contribution >= 0.6 is 11.3 Å². The number of anilines is 3. The van der Waals surface area contributed by atoms with Crippen molar-refractivity contribution in [1.82, 2.24) is 0 Å². The zero-order chi connectivity index (χ0) is 35.6. The molecule has 1 heterocycles. The van der Waals surface area contributed by atoms with Gasteiger partial charge in [0.25, 0.3) is 0 Å². The smallest absolute Gasteiger partial charge is 0.0468 e. The van der Waals surface area contributed by atoms with E-state index in [9.17, 15) is 0 Å². The second-order valence-corrected chi connectivity index (χ2v) is 15.2. The minimum absolute atomic E-state index is 1.12. The summed E-state index contributed by atoms with van der Waals surface area (Å²) in [6.07, 6.45) is 0. The largest absolute Gasteiger partial charge is 0.310 e. The maximum Gasteiger partial charge on any atom is 0.0468 e. The number of nitrogens with zero attached hydrogens (tertiary/aromatic N) is 1. The van der Waals surface area contributed by atoms with Gasteiger partial charge in [-0.2, -0.15) is 0 Å². The van der Waals surface area contributed by atoms with Crippen molar-refractivity contribution in [3.63, 3.8) is 0 Å². The minimum atomic E-state index is 1.12. The average Bonchev–Trinajstić information content (AvgIpc) is 3.59. The molecule has 0 radical (unpaired) electrons. The Morgan fingerprint density at radius 1 is 0.278 bits per heavy atom. The summed E-state index contributed by atoms with van der Waals surface area (Å²) in [6, 6.07) is 73.6. The zero-order valence-electron chi connectivity index (χ0n) is 29.4. The molecular formula is C52H33NS. The Morgan fingerprint density at radius 2 is 0.870 bits per heavy atom. The van der Waals surface area contributed by atoms with Crippen LogP contribution in [0.3, 0.4) is 0 Å². The van der Waals surface area contributed by atoms with E-state index in [0.29, 0.717) is 0 Å². The summed E-state index contributed by atoms with van der Waals surface area (Å²) in [6.45, 7) is 0. The van der Waals surface area contributed by atoms with Gasteiger partial charge < -0.3 is 4.90 Å². The van der Waals surface area contributed by atoms with Gasteiger partial charge in [0.1, 0.15) is 0 Å². The van der Waals surface area contributed by atoms with Crippen LogP contribution in [-0.2, 0) is 0 Å². The highest BCUT2D eigenvalue weighted by atomic mass is 32.1. The van der Waals surface area contributed by atoms with E-state index in [4.69, 9.17) is 0 Å². The number of fused-ring (bicyclic) bond motifs is 8. The molecule has 1 nitrogen and oxygen atoms in total. The average molecular weight is 704 g/mol. The minimum Gasteiger partial charge on any atom is -0.310 e. The van der Waals surface area contributed by atoms with Gasteiger partial charge in [-0.1, -0.05) is 140 Å². The Balaban J connectivity index is 1.09. The second kappa shape index (κ2) is 12.4. The van der Waals surface area contributed by atoms with E-state index >= 15 is 0 Å². The van der Waals surface area contributed by atoms with Crippen LogP contribution in [0.1, 0.15) is 0 Å². The number of hydrogen-bond donors (Lipinski definition) is 0. The van der Waals surface area contributed by atoms with Crippen molar-refractivity contribution in [2.75, 3.05) is 4.90 Å². The molecule has 0 unspecified atom stereocenters. The van der Waals surface area contributed by atoms with Crippen LogP contribution < -0.4 is 4.90 Å². The first-order valence-corrected chi connectivity index (χ1v) is 19.3. The number of hydrogen-bond acceptors (Lipinski definition) is 2. The first-order chi connectivity index (χ1) is 26.7. The Morgan fingerprint density at radius 3 is 1.70 bits per heavy atom. The summed E-state index contributed by atoms with van der Waals surface area (Å²) < 4.78 is 2.62. The Bertz CT molecular complexity index is 3210. The van der Waals surface area contributed by atoms with E-state index in [1.165, 1.54) is 85.5 Å². The molecule has 252 valence electrons. The molecule has 0 fully saturated rings. The molecule has 11 aromatic rings. The summed E-state index contributed by atoms with van der Waals surface area (Å²) in [4.78, 5) is 2.41. The number of thiophene rings is 1. The summed E-state index contributed by atoms with van der Waals surface area (Å²) in [5.41, 5.74) is 8.31. The fourth-order valence-electron chi connectivity index (χ4n) is 8.39.